The molecule has 0 spiro atoms. The fourth-order valence-electron chi connectivity index (χ4n) is 5.35. The number of morpholine rings is 1. The standard InChI is InChI=1S/C28H46N2O2/c1-23(2)21-27(29-14-12-24(13-15-29)7-6-18-31-5)22-28(3,4)25-8-10-26(11-9-25)30-16-19-32-20-17-30/h8-11,21,24,27H,6-7,12-20,22H2,1-5H3. The molecule has 1 unspecified atom stereocenters. The van der Waals surface area contributed by atoms with Gasteiger partial charge in [0.15, 0.2) is 0 Å². The summed E-state index contributed by atoms with van der Waals surface area (Å²) in [6.07, 6.45) is 8.83. The Morgan fingerprint density at radius 1 is 1.09 bits per heavy atom. The van der Waals surface area contributed by atoms with Crippen molar-refractivity contribution >= 4 is 5.69 Å². The molecule has 2 aliphatic heterocycles. The molecule has 4 heteroatoms. The van der Waals surface area contributed by atoms with Crippen LogP contribution in [0.15, 0.2) is 35.9 Å². The van der Waals surface area contributed by atoms with E-state index in [0.717, 1.165) is 45.2 Å². The normalized spacial score (nSPS) is 19.7. The van der Waals surface area contributed by atoms with E-state index in [9.17, 15) is 0 Å². The van der Waals surface area contributed by atoms with Gasteiger partial charge in [-0.1, -0.05) is 37.6 Å². The van der Waals surface area contributed by atoms with E-state index in [2.05, 4.69) is 67.8 Å². The van der Waals surface area contributed by atoms with Crippen LogP contribution in [0.4, 0.5) is 5.69 Å². The van der Waals surface area contributed by atoms with Gasteiger partial charge in [0.1, 0.15) is 0 Å². The average molecular weight is 443 g/mol. The number of piperidine rings is 1. The van der Waals surface area contributed by atoms with Gasteiger partial charge in [0.2, 0.25) is 0 Å². The summed E-state index contributed by atoms with van der Waals surface area (Å²) in [6.45, 7) is 16.3. The van der Waals surface area contributed by atoms with Crippen LogP contribution in [-0.4, -0.2) is 64.1 Å². The molecule has 0 aromatic heterocycles. The molecule has 2 saturated heterocycles. The number of hydrogen-bond acceptors (Lipinski definition) is 4. The fraction of sp³-hybridized carbons (Fsp3) is 0.714. The van der Waals surface area contributed by atoms with E-state index >= 15 is 0 Å². The van der Waals surface area contributed by atoms with Gasteiger partial charge in [0.05, 0.1) is 13.2 Å². The Balaban J connectivity index is 1.62. The molecule has 3 rings (SSSR count). The van der Waals surface area contributed by atoms with Gasteiger partial charge in [0, 0.05) is 38.5 Å². The molecular formula is C28H46N2O2. The summed E-state index contributed by atoms with van der Waals surface area (Å²) < 4.78 is 10.8. The lowest BCUT2D eigenvalue weighted by Gasteiger charge is -2.40. The number of rotatable bonds is 10. The molecule has 0 amide bonds. The summed E-state index contributed by atoms with van der Waals surface area (Å²) in [5.74, 6) is 0.870. The Hall–Kier alpha value is -1.36. The zero-order valence-electron chi connectivity index (χ0n) is 21.2. The zero-order chi connectivity index (χ0) is 23.0. The highest BCUT2D eigenvalue weighted by molar-refractivity contribution is 5.49. The van der Waals surface area contributed by atoms with Gasteiger partial charge in [0.25, 0.3) is 0 Å². The van der Waals surface area contributed by atoms with Crippen molar-refractivity contribution in [2.24, 2.45) is 5.92 Å². The number of anilines is 1. The summed E-state index contributed by atoms with van der Waals surface area (Å²) in [4.78, 5) is 5.17. The van der Waals surface area contributed by atoms with Crippen LogP contribution in [0.25, 0.3) is 0 Å². The van der Waals surface area contributed by atoms with Gasteiger partial charge < -0.3 is 14.4 Å². The van der Waals surface area contributed by atoms with Crippen molar-refractivity contribution in [2.45, 2.75) is 71.3 Å². The minimum atomic E-state index is 0.134. The van der Waals surface area contributed by atoms with Crippen molar-refractivity contribution in [3.05, 3.63) is 41.5 Å². The molecule has 0 radical (unpaired) electrons. The first-order chi connectivity index (χ1) is 15.4. The first kappa shape index (κ1) is 25.3. The Labute approximate surface area is 197 Å². The Bertz CT molecular complexity index is 695. The second-order valence-electron chi connectivity index (χ2n) is 10.7. The monoisotopic (exact) mass is 442 g/mol. The average Bonchev–Trinajstić information content (AvgIpc) is 2.79. The van der Waals surface area contributed by atoms with Crippen molar-refractivity contribution in [1.29, 1.82) is 0 Å². The molecule has 180 valence electrons. The third-order valence-corrected chi connectivity index (χ3v) is 7.35. The van der Waals surface area contributed by atoms with Crippen molar-refractivity contribution < 1.29 is 9.47 Å². The summed E-state index contributed by atoms with van der Waals surface area (Å²) in [7, 11) is 1.81. The maximum Gasteiger partial charge on any atom is 0.0642 e. The fourth-order valence-corrected chi connectivity index (χ4v) is 5.35. The lowest BCUT2D eigenvalue weighted by molar-refractivity contribution is 0.122. The number of ether oxygens (including phenoxy) is 2. The van der Waals surface area contributed by atoms with E-state index in [1.54, 1.807) is 0 Å². The predicted molar refractivity (Wildman–Crippen MR) is 136 cm³/mol. The third kappa shape index (κ3) is 7.33. The summed E-state index contributed by atoms with van der Waals surface area (Å²) in [6, 6.07) is 9.83. The molecule has 0 saturated carbocycles. The van der Waals surface area contributed by atoms with Gasteiger partial charge in [-0.3, -0.25) is 4.90 Å². The smallest absolute Gasteiger partial charge is 0.0642 e. The second kappa shape index (κ2) is 12.2. The highest BCUT2D eigenvalue weighted by Crippen LogP contribution is 2.34. The van der Waals surface area contributed by atoms with Crippen molar-refractivity contribution in [3.8, 4) is 0 Å². The van der Waals surface area contributed by atoms with Gasteiger partial charge in [-0.05, 0) is 88.1 Å². The van der Waals surface area contributed by atoms with Gasteiger partial charge in [-0.2, -0.15) is 0 Å². The molecular weight excluding hydrogens is 396 g/mol. The number of nitrogens with zero attached hydrogens (tertiary/aromatic N) is 2. The minimum absolute atomic E-state index is 0.134. The maximum absolute atomic E-state index is 5.51. The molecule has 0 aliphatic carbocycles. The molecule has 1 atom stereocenters. The predicted octanol–water partition coefficient (Wildman–Crippen LogP) is 5.66. The highest BCUT2D eigenvalue weighted by Gasteiger charge is 2.30. The number of benzene rings is 1. The molecule has 0 bridgehead atoms. The van der Waals surface area contributed by atoms with E-state index in [0.29, 0.717) is 6.04 Å². The SMILES string of the molecule is COCCCC1CCN(C(C=C(C)C)CC(C)(C)c2ccc(N3CCOCC3)cc2)CC1. The van der Waals surface area contributed by atoms with Gasteiger partial charge in [-0.15, -0.1) is 0 Å². The van der Waals surface area contributed by atoms with E-state index in [-0.39, 0.29) is 5.41 Å². The second-order valence-corrected chi connectivity index (χ2v) is 10.7. The molecule has 2 heterocycles. The number of allylic oxidation sites excluding steroid dienone is 1. The van der Waals surface area contributed by atoms with E-state index in [1.807, 2.05) is 7.11 Å². The van der Waals surface area contributed by atoms with Crippen LogP contribution >= 0.6 is 0 Å². The van der Waals surface area contributed by atoms with Crippen LogP contribution in [0.2, 0.25) is 0 Å². The minimum Gasteiger partial charge on any atom is -0.385 e. The molecule has 32 heavy (non-hydrogen) atoms. The summed E-state index contributed by atoms with van der Waals surface area (Å²) in [5.41, 5.74) is 4.33. The Morgan fingerprint density at radius 3 is 2.34 bits per heavy atom. The maximum atomic E-state index is 5.51. The molecule has 2 fully saturated rings. The largest absolute Gasteiger partial charge is 0.385 e. The van der Waals surface area contributed by atoms with E-state index in [1.165, 1.54) is 55.6 Å². The Morgan fingerprint density at radius 2 is 1.75 bits per heavy atom. The quantitative estimate of drug-likeness (QED) is 0.345. The van der Waals surface area contributed by atoms with Crippen LogP contribution in [0.5, 0.6) is 0 Å². The van der Waals surface area contributed by atoms with E-state index in [4.69, 9.17) is 9.47 Å². The van der Waals surface area contributed by atoms with E-state index < -0.39 is 0 Å². The van der Waals surface area contributed by atoms with Gasteiger partial charge in [-0.25, -0.2) is 0 Å². The number of hydrogen-bond donors (Lipinski definition) is 0. The highest BCUT2D eigenvalue weighted by atomic mass is 16.5. The molecule has 2 aliphatic rings. The van der Waals surface area contributed by atoms with Gasteiger partial charge >= 0.3 is 0 Å². The third-order valence-electron chi connectivity index (χ3n) is 7.35. The van der Waals surface area contributed by atoms with Crippen molar-refractivity contribution in [1.82, 2.24) is 4.90 Å². The van der Waals surface area contributed by atoms with Crippen LogP contribution < -0.4 is 4.90 Å². The first-order valence-electron chi connectivity index (χ1n) is 12.7. The van der Waals surface area contributed by atoms with Crippen LogP contribution in [0, 0.1) is 5.92 Å². The van der Waals surface area contributed by atoms with Crippen molar-refractivity contribution in [3.63, 3.8) is 0 Å². The summed E-state index contributed by atoms with van der Waals surface area (Å²) in [5, 5.41) is 0. The molecule has 1 aromatic carbocycles. The summed E-state index contributed by atoms with van der Waals surface area (Å²) >= 11 is 0. The lowest BCUT2D eigenvalue weighted by Crippen LogP contribution is -2.43. The Kier molecular flexibility index (Phi) is 9.63. The van der Waals surface area contributed by atoms with Crippen molar-refractivity contribution in [2.75, 3.05) is 58.0 Å². The molecule has 0 N–H and O–H groups in total. The van der Waals surface area contributed by atoms with Crippen LogP contribution in [-0.2, 0) is 14.9 Å². The van der Waals surface area contributed by atoms with Crippen LogP contribution in [0.1, 0.15) is 65.4 Å². The zero-order valence-corrected chi connectivity index (χ0v) is 21.2. The molecule has 1 aromatic rings. The number of likely N-dealkylation sites (tertiary alicyclic amines) is 1. The lowest BCUT2D eigenvalue weighted by atomic mass is 9.78. The number of methoxy groups -OCH3 is 1. The first-order valence-corrected chi connectivity index (χ1v) is 12.7. The topological polar surface area (TPSA) is 24.9 Å². The molecule has 4 nitrogen and oxygen atoms in total. The van der Waals surface area contributed by atoms with Crippen LogP contribution in [0.3, 0.4) is 0 Å².